The van der Waals surface area contributed by atoms with E-state index in [2.05, 4.69) is 11.6 Å². The zero-order valence-electron chi connectivity index (χ0n) is 13.7. The van der Waals surface area contributed by atoms with Crippen LogP contribution in [0.4, 0.5) is 0 Å². The third-order valence-electron chi connectivity index (χ3n) is 4.09. The van der Waals surface area contributed by atoms with Gasteiger partial charge in [-0.25, -0.2) is 4.98 Å². The van der Waals surface area contributed by atoms with Crippen molar-refractivity contribution in [3.8, 4) is 5.88 Å². The number of rotatable bonds is 5. The second-order valence-electron chi connectivity index (χ2n) is 5.60. The highest BCUT2D eigenvalue weighted by atomic mass is 16.5. The molecule has 0 N–H and O–H groups in total. The molecule has 0 aliphatic carbocycles. The molecule has 1 aromatic heterocycles. The molecule has 0 unspecified atom stereocenters. The van der Waals surface area contributed by atoms with Crippen LogP contribution in [0.5, 0.6) is 5.88 Å². The lowest BCUT2D eigenvalue weighted by molar-refractivity contribution is -0.139. The van der Waals surface area contributed by atoms with Gasteiger partial charge in [-0.2, -0.15) is 0 Å². The molecule has 0 saturated carbocycles. The van der Waals surface area contributed by atoms with Gasteiger partial charge in [-0.3, -0.25) is 9.59 Å². The first-order valence-corrected chi connectivity index (χ1v) is 7.75. The normalized spacial score (nSPS) is 17.7. The Morgan fingerprint density at radius 3 is 2.91 bits per heavy atom. The highest BCUT2D eigenvalue weighted by molar-refractivity contribution is 5.87. The van der Waals surface area contributed by atoms with Crippen molar-refractivity contribution in [2.24, 2.45) is 0 Å². The highest BCUT2D eigenvalue weighted by Crippen LogP contribution is 2.17. The third kappa shape index (κ3) is 4.09. The molecule has 23 heavy (non-hydrogen) atoms. The van der Waals surface area contributed by atoms with Crippen LogP contribution in [-0.2, 0) is 16.0 Å². The number of hydrogen-bond acceptors (Lipinski definition) is 4. The van der Waals surface area contributed by atoms with Crippen LogP contribution in [-0.4, -0.2) is 59.4 Å². The number of hydrogen-bond donors (Lipinski definition) is 0. The summed E-state index contributed by atoms with van der Waals surface area (Å²) in [5, 5.41) is 0. The smallest absolute Gasteiger partial charge is 0.246 e. The summed E-state index contributed by atoms with van der Waals surface area (Å²) in [6.07, 6.45) is 3.99. The van der Waals surface area contributed by atoms with Gasteiger partial charge in [0.2, 0.25) is 17.7 Å². The Hall–Kier alpha value is -2.37. The molecular weight excluding hydrogens is 294 g/mol. The summed E-state index contributed by atoms with van der Waals surface area (Å²) in [6.45, 7) is 7.13. The summed E-state index contributed by atoms with van der Waals surface area (Å²) in [7, 11) is 1.57. The van der Waals surface area contributed by atoms with Gasteiger partial charge < -0.3 is 14.5 Å². The van der Waals surface area contributed by atoms with E-state index in [1.54, 1.807) is 18.2 Å². The number of pyridine rings is 1. The summed E-state index contributed by atoms with van der Waals surface area (Å²) in [6, 6.07) is 3.76. The van der Waals surface area contributed by atoms with Gasteiger partial charge >= 0.3 is 0 Å². The summed E-state index contributed by atoms with van der Waals surface area (Å²) >= 11 is 0. The van der Waals surface area contributed by atoms with Crippen LogP contribution in [0.2, 0.25) is 0 Å². The molecule has 124 valence electrons. The first-order chi connectivity index (χ1) is 11.1. The maximum atomic E-state index is 12.4. The third-order valence-corrected chi connectivity index (χ3v) is 4.09. The van der Waals surface area contributed by atoms with Gasteiger partial charge in [-0.05, 0) is 25.5 Å². The lowest BCUT2D eigenvalue weighted by Gasteiger charge is -2.39. The fraction of sp³-hybridized carbons (Fsp3) is 0.471. The van der Waals surface area contributed by atoms with E-state index in [0.717, 1.165) is 5.56 Å². The second kappa shape index (κ2) is 7.76. The molecule has 6 heteroatoms. The van der Waals surface area contributed by atoms with Crippen LogP contribution < -0.4 is 4.74 Å². The van der Waals surface area contributed by atoms with E-state index in [1.165, 1.54) is 6.08 Å². The van der Waals surface area contributed by atoms with Crippen molar-refractivity contribution >= 4 is 11.8 Å². The van der Waals surface area contributed by atoms with Gasteiger partial charge in [0, 0.05) is 43.9 Å². The summed E-state index contributed by atoms with van der Waals surface area (Å²) in [5.74, 6) is 0.577. The van der Waals surface area contributed by atoms with E-state index in [0.29, 0.717) is 38.4 Å². The molecule has 1 aromatic rings. The highest BCUT2D eigenvalue weighted by Gasteiger charge is 2.28. The SMILES string of the molecule is C=CC(=O)N1CCN(C(=O)CCc2cccnc2OC)C[C@H]1C. The van der Waals surface area contributed by atoms with Crippen LogP contribution >= 0.6 is 0 Å². The van der Waals surface area contributed by atoms with E-state index in [9.17, 15) is 9.59 Å². The standard InChI is InChI=1S/C17H23N3O3/c1-4-15(21)20-11-10-19(12-13(20)2)16(22)8-7-14-6-5-9-18-17(14)23-3/h4-6,9,13H,1,7-8,10-12H2,2-3H3/t13-/m1/s1. The molecule has 0 bridgehead atoms. The quantitative estimate of drug-likeness (QED) is 0.767. The number of methoxy groups -OCH3 is 1. The maximum Gasteiger partial charge on any atom is 0.246 e. The van der Waals surface area contributed by atoms with Crippen molar-refractivity contribution in [1.82, 2.24) is 14.8 Å². The van der Waals surface area contributed by atoms with Gasteiger partial charge in [0.05, 0.1) is 7.11 Å². The van der Waals surface area contributed by atoms with Crippen molar-refractivity contribution in [3.63, 3.8) is 0 Å². The van der Waals surface area contributed by atoms with Gasteiger partial charge in [-0.15, -0.1) is 0 Å². The Bertz CT molecular complexity index is 588. The van der Waals surface area contributed by atoms with Crippen LogP contribution in [0.15, 0.2) is 31.0 Å². The van der Waals surface area contributed by atoms with Gasteiger partial charge in [0.1, 0.15) is 0 Å². The van der Waals surface area contributed by atoms with Crippen molar-refractivity contribution in [3.05, 3.63) is 36.5 Å². The van der Waals surface area contributed by atoms with Crippen molar-refractivity contribution in [2.45, 2.75) is 25.8 Å². The monoisotopic (exact) mass is 317 g/mol. The maximum absolute atomic E-state index is 12.4. The number of aromatic nitrogens is 1. The number of aryl methyl sites for hydroxylation is 1. The van der Waals surface area contributed by atoms with E-state index in [-0.39, 0.29) is 17.9 Å². The molecule has 1 aliphatic rings. The van der Waals surface area contributed by atoms with Crippen LogP contribution in [0.25, 0.3) is 0 Å². The molecule has 2 heterocycles. The van der Waals surface area contributed by atoms with Gasteiger partial charge in [-0.1, -0.05) is 12.6 Å². The topological polar surface area (TPSA) is 62.7 Å². The fourth-order valence-corrected chi connectivity index (χ4v) is 2.83. The molecule has 1 saturated heterocycles. The molecule has 6 nitrogen and oxygen atoms in total. The number of carbonyl (C=O) groups excluding carboxylic acids is 2. The number of piperazine rings is 1. The summed E-state index contributed by atoms with van der Waals surface area (Å²) in [4.78, 5) is 31.8. The number of nitrogens with zero attached hydrogens (tertiary/aromatic N) is 3. The zero-order chi connectivity index (χ0) is 16.8. The van der Waals surface area contributed by atoms with Gasteiger partial charge in [0.15, 0.2) is 0 Å². The average molecular weight is 317 g/mol. The Labute approximate surface area is 136 Å². The van der Waals surface area contributed by atoms with Crippen molar-refractivity contribution in [1.29, 1.82) is 0 Å². The first kappa shape index (κ1) is 17.0. The zero-order valence-corrected chi connectivity index (χ0v) is 13.7. The van der Waals surface area contributed by atoms with E-state index in [4.69, 9.17) is 4.74 Å². The van der Waals surface area contributed by atoms with E-state index in [1.807, 2.05) is 24.0 Å². The Morgan fingerprint density at radius 1 is 1.48 bits per heavy atom. The van der Waals surface area contributed by atoms with E-state index >= 15 is 0 Å². The van der Waals surface area contributed by atoms with Crippen molar-refractivity contribution < 1.29 is 14.3 Å². The summed E-state index contributed by atoms with van der Waals surface area (Å²) < 4.78 is 5.20. The second-order valence-corrected chi connectivity index (χ2v) is 5.60. The molecule has 0 aromatic carbocycles. The molecule has 2 rings (SSSR count). The minimum absolute atomic E-state index is 0.00567. The Balaban J connectivity index is 1.90. The lowest BCUT2D eigenvalue weighted by Crippen LogP contribution is -2.55. The minimum atomic E-state index is -0.0790. The number of amides is 2. The average Bonchev–Trinajstić information content (AvgIpc) is 2.59. The fourth-order valence-electron chi connectivity index (χ4n) is 2.83. The molecule has 1 aliphatic heterocycles. The largest absolute Gasteiger partial charge is 0.481 e. The Morgan fingerprint density at radius 2 is 2.26 bits per heavy atom. The van der Waals surface area contributed by atoms with Gasteiger partial charge in [0.25, 0.3) is 0 Å². The first-order valence-electron chi connectivity index (χ1n) is 7.75. The molecule has 1 atom stereocenters. The molecule has 0 radical (unpaired) electrons. The Kier molecular flexibility index (Phi) is 5.73. The predicted octanol–water partition coefficient (Wildman–Crippen LogP) is 1.27. The van der Waals surface area contributed by atoms with Crippen LogP contribution in [0.3, 0.4) is 0 Å². The minimum Gasteiger partial charge on any atom is -0.481 e. The van der Waals surface area contributed by atoms with Crippen LogP contribution in [0, 0.1) is 0 Å². The molecular formula is C17H23N3O3. The molecule has 0 spiro atoms. The summed E-state index contributed by atoms with van der Waals surface area (Å²) in [5.41, 5.74) is 0.928. The number of carbonyl (C=O) groups is 2. The number of ether oxygens (including phenoxy) is 1. The van der Waals surface area contributed by atoms with Crippen LogP contribution in [0.1, 0.15) is 18.9 Å². The van der Waals surface area contributed by atoms with Crippen molar-refractivity contribution in [2.75, 3.05) is 26.7 Å². The predicted molar refractivity (Wildman–Crippen MR) is 87.1 cm³/mol. The lowest BCUT2D eigenvalue weighted by atomic mass is 10.1. The molecule has 1 fully saturated rings. The van der Waals surface area contributed by atoms with E-state index < -0.39 is 0 Å². The molecule has 2 amide bonds.